The number of hydrogen-bond acceptors (Lipinski definition) is 2. The summed E-state index contributed by atoms with van der Waals surface area (Å²) in [4.78, 5) is 0. The van der Waals surface area contributed by atoms with Gasteiger partial charge in [-0.2, -0.15) is 5.10 Å². The lowest BCUT2D eigenvalue weighted by atomic mass is 9.82. The van der Waals surface area contributed by atoms with Crippen molar-refractivity contribution in [3.63, 3.8) is 0 Å². The molecule has 1 aliphatic carbocycles. The van der Waals surface area contributed by atoms with Gasteiger partial charge < -0.3 is 5.11 Å². The second kappa shape index (κ2) is 3.14. The average molecular weight is 180 g/mol. The van der Waals surface area contributed by atoms with E-state index in [1.165, 1.54) is 12.8 Å². The highest BCUT2D eigenvalue weighted by atomic mass is 16.3. The van der Waals surface area contributed by atoms with E-state index in [2.05, 4.69) is 12.0 Å². The summed E-state index contributed by atoms with van der Waals surface area (Å²) in [6.07, 6.45) is 5.77. The standard InChI is InChI=1S/C10H16N2O/c1-7-3-10(4-7)12-6-9(5-11-12)8(2)13/h5-8,10,13H,3-4H2,1-2H3/t7-,8-,10-/m0/s1. The molecule has 1 atom stereocenters. The summed E-state index contributed by atoms with van der Waals surface area (Å²) in [6.45, 7) is 4.03. The van der Waals surface area contributed by atoms with Gasteiger partial charge in [0.05, 0.1) is 18.3 Å². The fourth-order valence-electron chi connectivity index (χ4n) is 1.84. The highest BCUT2D eigenvalue weighted by Crippen LogP contribution is 2.36. The van der Waals surface area contributed by atoms with Crippen molar-refractivity contribution in [3.8, 4) is 0 Å². The largest absolute Gasteiger partial charge is 0.389 e. The first-order valence-electron chi connectivity index (χ1n) is 4.89. The summed E-state index contributed by atoms with van der Waals surface area (Å²) in [5.74, 6) is 0.837. The SMILES string of the molecule is C[C@H](O)c1cnn([C@H]2C[C@H](C)C2)c1. The van der Waals surface area contributed by atoms with Crippen LogP contribution in [0.1, 0.15) is 44.4 Å². The minimum absolute atomic E-state index is 0.397. The molecule has 1 N–H and O–H groups in total. The molecular formula is C10H16N2O. The molecule has 3 heteroatoms. The van der Waals surface area contributed by atoms with Gasteiger partial charge in [0.2, 0.25) is 0 Å². The number of nitrogens with zero attached hydrogens (tertiary/aromatic N) is 2. The highest BCUT2D eigenvalue weighted by molar-refractivity contribution is 5.07. The Kier molecular flexibility index (Phi) is 2.12. The molecule has 0 aliphatic heterocycles. The van der Waals surface area contributed by atoms with Gasteiger partial charge in [-0.25, -0.2) is 0 Å². The van der Waals surface area contributed by atoms with E-state index in [9.17, 15) is 5.11 Å². The highest BCUT2D eigenvalue weighted by Gasteiger charge is 2.27. The lowest BCUT2D eigenvalue weighted by Gasteiger charge is -2.32. The van der Waals surface area contributed by atoms with Crippen LogP contribution < -0.4 is 0 Å². The van der Waals surface area contributed by atoms with E-state index >= 15 is 0 Å². The molecule has 2 rings (SSSR count). The number of rotatable bonds is 2. The van der Waals surface area contributed by atoms with E-state index in [0.29, 0.717) is 6.04 Å². The van der Waals surface area contributed by atoms with Gasteiger partial charge in [0.15, 0.2) is 0 Å². The van der Waals surface area contributed by atoms with E-state index in [0.717, 1.165) is 11.5 Å². The summed E-state index contributed by atoms with van der Waals surface area (Å²) in [7, 11) is 0. The van der Waals surface area contributed by atoms with Crippen molar-refractivity contribution in [2.75, 3.05) is 0 Å². The topological polar surface area (TPSA) is 38.1 Å². The molecule has 0 aromatic carbocycles. The Balaban J connectivity index is 2.06. The molecule has 0 saturated heterocycles. The Morgan fingerprint density at radius 2 is 2.31 bits per heavy atom. The maximum Gasteiger partial charge on any atom is 0.0792 e. The van der Waals surface area contributed by atoms with Crippen molar-refractivity contribution >= 4 is 0 Å². The summed E-state index contributed by atoms with van der Waals surface area (Å²) < 4.78 is 1.99. The monoisotopic (exact) mass is 180 g/mol. The van der Waals surface area contributed by atoms with Crippen LogP contribution in [0.3, 0.4) is 0 Å². The Hall–Kier alpha value is -0.830. The van der Waals surface area contributed by atoms with Crippen molar-refractivity contribution in [2.24, 2.45) is 5.92 Å². The first kappa shape index (κ1) is 8.75. The molecule has 1 heterocycles. The lowest BCUT2D eigenvalue weighted by Crippen LogP contribution is -2.24. The molecule has 0 amide bonds. The molecule has 1 aliphatic rings. The van der Waals surface area contributed by atoms with Crippen LogP contribution in [0.4, 0.5) is 0 Å². The molecule has 3 nitrogen and oxygen atoms in total. The van der Waals surface area contributed by atoms with Crippen molar-refractivity contribution in [3.05, 3.63) is 18.0 Å². The van der Waals surface area contributed by atoms with E-state index in [4.69, 9.17) is 0 Å². The van der Waals surface area contributed by atoms with E-state index in [1.54, 1.807) is 13.1 Å². The lowest BCUT2D eigenvalue weighted by molar-refractivity contribution is 0.193. The second-order valence-electron chi connectivity index (χ2n) is 4.16. The predicted molar refractivity (Wildman–Crippen MR) is 50.3 cm³/mol. The minimum Gasteiger partial charge on any atom is -0.389 e. The van der Waals surface area contributed by atoms with Crippen LogP contribution in [0.5, 0.6) is 0 Å². The molecule has 1 fully saturated rings. The number of hydrogen-bond donors (Lipinski definition) is 1. The van der Waals surface area contributed by atoms with Gasteiger partial charge >= 0.3 is 0 Å². The minimum atomic E-state index is -0.397. The van der Waals surface area contributed by atoms with Crippen LogP contribution in [0.15, 0.2) is 12.4 Å². The number of aromatic nitrogens is 2. The van der Waals surface area contributed by atoms with Crippen molar-refractivity contribution in [1.82, 2.24) is 9.78 Å². The first-order chi connectivity index (χ1) is 6.16. The van der Waals surface area contributed by atoms with Gasteiger partial charge in [0, 0.05) is 11.8 Å². The van der Waals surface area contributed by atoms with E-state index in [-0.39, 0.29) is 0 Å². The van der Waals surface area contributed by atoms with Gasteiger partial charge in [-0.15, -0.1) is 0 Å². The summed E-state index contributed by atoms with van der Waals surface area (Å²) >= 11 is 0. The normalized spacial score (nSPS) is 29.8. The average Bonchev–Trinajstić information content (AvgIpc) is 2.46. The molecule has 1 saturated carbocycles. The van der Waals surface area contributed by atoms with Crippen molar-refractivity contribution in [2.45, 2.75) is 38.8 Å². The van der Waals surface area contributed by atoms with Gasteiger partial charge in [-0.3, -0.25) is 4.68 Å². The zero-order chi connectivity index (χ0) is 9.42. The summed E-state index contributed by atoms with van der Waals surface area (Å²) in [6, 6.07) is 0.572. The fraction of sp³-hybridized carbons (Fsp3) is 0.700. The molecule has 72 valence electrons. The molecule has 13 heavy (non-hydrogen) atoms. The van der Waals surface area contributed by atoms with Crippen LogP contribution in [-0.2, 0) is 0 Å². The zero-order valence-electron chi connectivity index (χ0n) is 8.14. The van der Waals surface area contributed by atoms with E-state index in [1.807, 2.05) is 10.9 Å². The Morgan fingerprint density at radius 3 is 2.77 bits per heavy atom. The van der Waals surface area contributed by atoms with E-state index < -0.39 is 6.10 Å². The number of aliphatic hydroxyl groups excluding tert-OH is 1. The Morgan fingerprint density at radius 1 is 1.62 bits per heavy atom. The predicted octanol–water partition coefficient (Wildman–Crippen LogP) is 1.91. The molecule has 0 spiro atoms. The Labute approximate surface area is 78.4 Å². The van der Waals surface area contributed by atoms with Crippen LogP contribution in [-0.4, -0.2) is 14.9 Å². The van der Waals surface area contributed by atoms with Crippen LogP contribution in [0, 0.1) is 5.92 Å². The Bertz CT molecular complexity index is 287. The van der Waals surface area contributed by atoms with Crippen LogP contribution in [0.2, 0.25) is 0 Å². The molecule has 0 bridgehead atoms. The maximum atomic E-state index is 9.31. The molecule has 0 unspecified atom stereocenters. The third-order valence-electron chi connectivity index (χ3n) is 2.83. The number of aliphatic hydroxyl groups is 1. The maximum absolute atomic E-state index is 9.31. The molecule has 1 aromatic heterocycles. The van der Waals surface area contributed by atoms with Gasteiger partial charge in [-0.05, 0) is 25.7 Å². The quantitative estimate of drug-likeness (QED) is 0.755. The van der Waals surface area contributed by atoms with Gasteiger partial charge in [-0.1, -0.05) is 6.92 Å². The molecule has 0 radical (unpaired) electrons. The zero-order valence-corrected chi connectivity index (χ0v) is 8.14. The smallest absolute Gasteiger partial charge is 0.0792 e. The summed E-state index contributed by atoms with van der Waals surface area (Å²) in [5, 5.41) is 13.6. The van der Waals surface area contributed by atoms with Crippen molar-refractivity contribution in [1.29, 1.82) is 0 Å². The second-order valence-corrected chi connectivity index (χ2v) is 4.16. The first-order valence-corrected chi connectivity index (χ1v) is 4.89. The fourth-order valence-corrected chi connectivity index (χ4v) is 1.84. The molecular weight excluding hydrogens is 164 g/mol. The van der Waals surface area contributed by atoms with Crippen LogP contribution >= 0.6 is 0 Å². The summed E-state index contributed by atoms with van der Waals surface area (Å²) in [5.41, 5.74) is 0.916. The van der Waals surface area contributed by atoms with Crippen LogP contribution in [0.25, 0.3) is 0 Å². The van der Waals surface area contributed by atoms with Gasteiger partial charge in [0.25, 0.3) is 0 Å². The van der Waals surface area contributed by atoms with Crippen molar-refractivity contribution < 1.29 is 5.11 Å². The third kappa shape index (κ3) is 1.61. The molecule has 1 aromatic rings. The third-order valence-corrected chi connectivity index (χ3v) is 2.83. The van der Waals surface area contributed by atoms with Gasteiger partial charge in [0.1, 0.15) is 0 Å².